The molecule has 0 aliphatic carbocycles. The van der Waals surface area contributed by atoms with Crippen LogP contribution in [0.5, 0.6) is 0 Å². The highest BCUT2D eigenvalue weighted by atomic mass is 35.5. The van der Waals surface area contributed by atoms with Crippen LogP contribution in [0.4, 0.5) is 11.4 Å². The van der Waals surface area contributed by atoms with E-state index in [0.717, 1.165) is 35.0 Å². The maximum absolute atomic E-state index is 12.8. The Morgan fingerprint density at radius 3 is 2.43 bits per heavy atom. The van der Waals surface area contributed by atoms with Crippen LogP contribution in [0.15, 0.2) is 78.9 Å². The van der Waals surface area contributed by atoms with Gasteiger partial charge < -0.3 is 11.1 Å². The summed E-state index contributed by atoms with van der Waals surface area (Å²) in [6, 6.07) is 25.6. The van der Waals surface area contributed by atoms with Crippen molar-refractivity contribution in [2.75, 3.05) is 11.1 Å². The molecule has 5 heteroatoms. The molecule has 0 saturated heterocycles. The van der Waals surface area contributed by atoms with E-state index >= 15 is 0 Å². The van der Waals surface area contributed by atoms with E-state index in [1.165, 1.54) is 5.56 Å². The first kappa shape index (κ1) is 21.3. The Morgan fingerprint density at radius 2 is 1.63 bits per heavy atom. The third-order valence-electron chi connectivity index (χ3n) is 4.96. The van der Waals surface area contributed by atoms with Crippen LogP contribution in [0.2, 0.25) is 0 Å². The third-order valence-corrected chi connectivity index (χ3v) is 4.96. The molecule has 4 rings (SSSR count). The summed E-state index contributed by atoms with van der Waals surface area (Å²) in [7, 11) is 0. The number of fused-ring (bicyclic) bond motifs is 1. The Bertz CT molecular complexity index is 1180. The molecule has 152 valence electrons. The minimum atomic E-state index is -0.135. The van der Waals surface area contributed by atoms with E-state index in [1.807, 2.05) is 67.6 Å². The van der Waals surface area contributed by atoms with Crippen molar-refractivity contribution in [3.63, 3.8) is 0 Å². The number of pyridine rings is 1. The minimum Gasteiger partial charge on any atom is -0.398 e. The fourth-order valence-electron chi connectivity index (χ4n) is 3.47. The molecule has 1 amide bonds. The summed E-state index contributed by atoms with van der Waals surface area (Å²) < 4.78 is 0. The molecule has 0 unspecified atom stereocenters. The number of carbonyl (C=O) groups excluding carboxylic acids is 1. The number of nitrogens with zero attached hydrogens (tertiary/aromatic N) is 1. The zero-order chi connectivity index (χ0) is 20.2. The molecule has 30 heavy (non-hydrogen) atoms. The van der Waals surface area contributed by atoms with Gasteiger partial charge in [0.1, 0.15) is 0 Å². The Hall–Kier alpha value is -3.37. The van der Waals surface area contributed by atoms with Crippen molar-refractivity contribution in [3.8, 4) is 0 Å². The summed E-state index contributed by atoms with van der Waals surface area (Å²) in [6.07, 6.45) is 1.84. The molecule has 0 spiro atoms. The monoisotopic (exact) mass is 417 g/mol. The summed E-state index contributed by atoms with van der Waals surface area (Å²) in [5.74, 6) is -0.135. The first-order valence-corrected chi connectivity index (χ1v) is 9.69. The third kappa shape index (κ3) is 4.97. The highest BCUT2D eigenvalue weighted by Gasteiger charge is 2.09. The van der Waals surface area contributed by atoms with Gasteiger partial charge in [-0.2, -0.15) is 0 Å². The van der Waals surface area contributed by atoms with Gasteiger partial charge in [0.05, 0.1) is 5.52 Å². The highest BCUT2D eigenvalue weighted by Crippen LogP contribution is 2.24. The molecule has 4 nitrogen and oxygen atoms in total. The normalized spacial score (nSPS) is 10.4. The lowest BCUT2D eigenvalue weighted by atomic mass is 10.0. The molecule has 1 aromatic heterocycles. The van der Waals surface area contributed by atoms with Gasteiger partial charge in [0.25, 0.3) is 5.91 Å². The molecular formula is C25H24ClN3O. The van der Waals surface area contributed by atoms with Crippen LogP contribution in [-0.4, -0.2) is 10.9 Å². The van der Waals surface area contributed by atoms with E-state index in [-0.39, 0.29) is 18.3 Å². The number of aryl methyl sites for hydroxylation is 3. The standard InChI is InChI=1S/C25H23N3O.ClH/c1-17-14-23(26)22-16-21(12-13-24(22)27-17)28-25(29)20-9-5-8-19(15-20)11-10-18-6-3-2-4-7-18;/h2-9,12-16H,10-11H2,1H3,(H2,26,27)(H,28,29);1H. The van der Waals surface area contributed by atoms with E-state index < -0.39 is 0 Å². The van der Waals surface area contributed by atoms with E-state index in [0.29, 0.717) is 16.9 Å². The van der Waals surface area contributed by atoms with Crippen molar-refractivity contribution in [1.82, 2.24) is 4.98 Å². The van der Waals surface area contributed by atoms with Crippen molar-refractivity contribution >= 4 is 40.6 Å². The number of hydrogen-bond acceptors (Lipinski definition) is 3. The molecule has 0 fully saturated rings. The maximum Gasteiger partial charge on any atom is 0.255 e. The number of nitrogens with two attached hydrogens (primary N) is 1. The fraction of sp³-hybridized carbons (Fsp3) is 0.120. The molecular weight excluding hydrogens is 394 g/mol. The predicted octanol–water partition coefficient (Wildman–Crippen LogP) is 5.58. The second-order valence-corrected chi connectivity index (χ2v) is 7.22. The number of rotatable bonds is 5. The van der Waals surface area contributed by atoms with E-state index in [4.69, 9.17) is 5.73 Å². The first-order valence-electron chi connectivity index (χ1n) is 9.69. The lowest BCUT2D eigenvalue weighted by molar-refractivity contribution is 0.102. The van der Waals surface area contributed by atoms with Crippen molar-refractivity contribution in [1.29, 1.82) is 0 Å². The number of anilines is 2. The number of hydrogen-bond donors (Lipinski definition) is 2. The number of aromatic nitrogens is 1. The Balaban J connectivity index is 0.00000256. The Kier molecular flexibility index (Phi) is 6.70. The number of halogens is 1. The average molecular weight is 418 g/mol. The zero-order valence-electron chi connectivity index (χ0n) is 16.8. The summed E-state index contributed by atoms with van der Waals surface area (Å²) in [5, 5.41) is 3.81. The predicted molar refractivity (Wildman–Crippen MR) is 126 cm³/mol. The molecule has 4 aromatic rings. The van der Waals surface area contributed by atoms with Crippen molar-refractivity contribution in [2.24, 2.45) is 0 Å². The number of carbonyl (C=O) groups is 1. The van der Waals surface area contributed by atoms with Crippen molar-refractivity contribution < 1.29 is 4.79 Å². The van der Waals surface area contributed by atoms with Gasteiger partial charge in [0.2, 0.25) is 0 Å². The van der Waals surface area contributed by atoms with Gasteiger partial charge in [-0.25, -0.2) is 0 Å². The second-order valence-electron chi connectivity index (χ2n) is 7.22. The summed E-state index contributed by atoms with van der Waals surface area (Å²) in [5.41, 5.74) is 12.3. The van der Waals surface area contributed by atoms with Gasteiger partial charge in [0.15, 0.2) is 0 Å². The highest BCUT2D eigenvalue weighted by molar-refractivity contribution is 6.05. The van der Waals surface area contributed by atoms with Crippen LogP contribution in [0.3, 0.4) is 0 Å². The largest absolute Gasteiger partial charge is 0.398 e. The maximum atomic E-state index is 12.8. The fourth-order valence-corrected chi connectivity index (χ4v) is 3.47. The molecule has 0 bridgehead atoms. The number of amides is 1. The quantitative estimate of drug-likeness (QED) is 0.445. The zero-order valence-corrected chi connectivity index (χ0v) is 17.6. The van der Waals surface area contributed by atoms with E-state index in [1.54, 1.807) is 0 Å². The Morgan fingerprint density at radius 1 is 0.900 bits per heavy atom. The van der Waals surface area contributed by atoms with Crippen LogP contribution < -0.4 is 11.1 Å². The number of nitrogen functional groups attached to an aromatic ring is 1. The topological polar surface area (TPSA) is 68.0 Å². The molecule has 3 N–H and O–H groups in total. The SMILES string of the molecule is Cc1cc(N)c2cc(NC(=O)c3cccc(CCc4ccccc4)c3)ccc2n1.Cl. The van der Waals surface area contributed by atoms with Gasteiger partial charge in [0, 0.05) is 28.0 Å². The number of nitrogens with one attached hydrogen (secondary N) is 1. The second kappa shape index (κ2) is 9.42. The summed E-state index contributed by atoms with van der Waals surface area (Å²) in [6.45, 7) is 1.91. The van der Waals surface area contributed by atoms with Gasteiger partial charge in [-0.15, -0.1) is 12.4 Å². The van der Waals surface area contributed by atoms with Crippen molar-refractivity contribution in [2.45, 2.75) is 19.8 Å². The van der Waals surface area contributed by atoms with Crippen LogP contribution >= 0.6 is 12.4 Å². The van der Waals surface area contributed by atoms with Crippen molar-refractivity contribution in [3.05, 3.63) is 101 Å². The van der Waals surface area contributed by atoms with Crippen LogP contribution in [0.1, 0.15) is 27.2 Å². The number of benzene rings is 3. The van der Waals surface area contributed by atoms with Crippen LogP contribution in [0, 0.1) is 6.92 Å². The molecule has 0 aliphatic heterocycles. The Labute approximate surface area is 182 Å². The van der Waals surface area contributed by atoms with E-state index in [2.05, 4.69) is 28.5 Å². The van der Waals surface area contributed by atoms with E-state index in [9.17, 15) is 4.79 Å². The van der Waals surface area contributed by atoms with Crippen LogP contribution in [0.25, 0.3) is 10.9 Å². The molecule has 0 aliphatic rings. The average Bonchev–Trinajstić information content (AvgIpc) is 2.73. The summed E-state index contributed by atoms with van der Waals surface area (Å²) in [4.78, 5) is 17.2. The smallest absolute Gasteiger partial charge is 0.255 e. The molecule has 0 atom stereocenters. The van der Waals surface area contributed by atoms with Gasteiger partial charge in [-0.3, -0.25) is 9.78 Å². The van der Waals surface area contributed by atoms with Gasteiger partial charge >= 0.3 is 0 Å². The lowest BCUT2D eigenvalue weighted by Crippen LogP contribution is -2.12. The molecule has 0 radical (unpaired) electrons. The molecule has 1 heterocycles. The first-order chi connectivity index (χ1) is 14.1. The molecule has 0 saturated carbocycles. The summed E-state index contributed by atoms with van der Waals surface area (Å²) >= 11 is 0. The molecule has 3 aromatic carbocycles. The minimum absolute atomic E-state index is 0. The van der Waals surface area contributed by atoms with Gasteiger partial charge in [-0.1, -0.05) is 42.5 Å². The lowest BCUT2D eigenvalue weighted by Gasteiger charge is -2.09. The van der Waals surface area contributed by atoms with Crippen LogP contribution in [-0.2, 0) is 12.8 Å². The van der Waals surface area contributed by atoms with Gasteiger partial charge in [-0.05, 0) is 67.3 Å².